The van der Waals surface area contributed by atoms with Crippen LogP contribution >= 0.6 is 23.5 Å². The molecule has 0 heterocycles. The lowest BCUT2D eigenvalue weighted by atomic mass is 10.2. The minimum atomic E-state index is -4.16. The summed E-state index contributed by atoms with van der Waals surface area (Å²) in [5.41, 5.74) is 4.01. The van der Waals surface area contributed by atoms with Crippen LogP contribution in [0, 0.1) is 6.92 Å². The average Bonchev–Trinajstić information content (AvgIpc) is 2.18. The standard InChI is InChI=1S/C9H10ClF3N2S/c1-6-2-3-7(14-15-10)4-8(6)16-5-9(11,12)13/h2-4,14-15H,5H2,1H3. The molecule has 0 atom stereocenters. The fourth-order valence-corrected chi connectivity index (χ4v) is 1.98. The Morgan fingerprint density at radius 1 is 1.38 bits per heavy atom. The van der Waals surface area contributed by atoms with Crippen molar-refractivity contribution in [1.29, 1.82) is 0 Å². The summed E-state index contributed by atoms with van der Waals surface area (Å²) in [6.45, 7) is 1.76. The Hall–Kier alpha value is -0.590. The van der Waals surface area contributed by atoms with Crippen molar-refractivity contribution >= 4 is 29.2 Å². The predicted molar refractivity (Wildman–Crippen MR) is 60.6 cm³/mol. The molecule has 2 N–H and O–H groups in total. The summed E-state index contributed by atoms with van der Waals surface area (Å²) in [6, 6.07) is 5.07. The maximum atomic E-state index is 12.1. The number of rotatable bonds is 4. The molecule has 0 aliphatic rings. The molecule has 1 aromatic carbocycles. The Morgan fingerprint density at radius 3 is 2.62 bits per heavy atom. The molecule has 1 rings (SSSR count). The van der Waals surface area contributed by atoms with E-state index in [1.165, 1.54) is 0 Å². The van der Waals surface area contributed by atoms with Gasteiger partial charge in [0.15, 0.2) is 0 Å². The molecule has 0 saturated heterocycles. The molecule has 0 bridgehead atoms. The number of anilines is 1. The topological polar surface area (TPSA) is 24.1 Å². The third kappa shape index (κ3) is 4.51. The summed E-state index contributed by atoms with van der Waals surface area (Å²) < 4.78 is 36.2. The Balaban J connectivity index is 2.74. The molecular formula is C9H10ClF3N2S. The molecule has 0 aromatic heterocycles. The van der Waals surface area contributed by atoms with E-state index in [0.29, 0.717) is 10.6 Å². The highest BCUT2D eigenvalue weighted by molar-refractivity contribution is 7.99. The highest BCUT2D eigenvalue weighted by atomic mass is 35.5. The van der Waals surface area contributed by atoms with Gasteiger partial charge in [-0.1, -0.05) is 6.07 Å². The fraction of sp³-hybridized carbons (Fsp3) is 0.333. The SMILES string of the molecule is Cc1ccc(NNCl)cc1SCC(F)(F)F. The van der Waals surface area contributed by atoms with E-state index in [-0.39, 0.29) is 0 Å². The van der Waals surface area contributed by atoms with E-state index in [1.54, 1.807) is 25.1 Å². The Bertz CT molecular complexity index is 357. The molecule has 0 spiro atoms. The summed E-state index contributed by atoms with van der Waals surface area (Å²) in [5.74, 6) is -0.897. The van der Waals surface area contributed by atoms with Crippen LogP contribution in [0.3, 0.4) is 0 Å². The minimum Gasteiger partial charge on any atom is -0.308 e. The second-order valence-corrected chi connectivity index (χ2v) is 4.31. The predicted octanol–water partition coefficient (Wildman–Crippen LogP) is 3.72. The van der Waals surface area contributed by atoms with Crippen LogP contribution in [0.4, 0.5) is 18.9 Å². The van der Waals surface area contributed by atoms with Crippen molar-refractivity contribution in [2.24, 2.45) is 0 Å². The van der Waals surface area contributed by atoms with Gasteiger partial charge in [-0.15, -0.1) is 16.7 Å². The summed E-state index contributed by atoms with van der Waals surface area (Å²) >= 11 is 5.99. The van der Waals surface area contributed by atoms with Crippen molar-refractivity contribution < 1.29 is 13.2 Å². The van der Waals surface area contributed by atoms with Gasteiger partial charge in [0, 0.05) is 4.90 Å². The summed E-state index contributed by atoms with van der Waals surface area (Å²) in [7, 11) is 0. The summed E-state index contributed by atoms with van der Waals surface area (Å²) in [6.07, 6.45) is -4.16. The maximum Gasteiger partial charge on any atom is 0.398 e. The van der Waals surface area contributed by atoms with Crippen LogP contribution in [0.1, 0.15) is 5.56 Å². The average molecular weight is 271 g/mol. The first-order valence-electron chi connectivity index (χ1n) is 4.34. The van der Waals surface area contributed by atoms with Crippen molar-refractivity contribution in [2.75, 3.05) is 11.2 Å². The van der Waals surface area contributed by atoms with Crippen molar-refractivity contribution in [3.05, 3.63) is 23.8 Å². The second kappa shape index (κ2) is 5.65. The third-order valence-corrected chi connectivity index (χ3v) is 3.09. The van der Waals surface area contributed by atoms with Gasteiger partial charge in [-0.2, -0.15) is 13.2 Å². The molecule has 0 aliphatic heterocycles. The first-order valence-corrected chi connectivity index (χ1v) is 5.70. The lowest BCUT2D eigenvalue weighted by Crippen LogP contribution is -2.11. The lowest BCUT2D eigenvalue weighted by Gasteiger charge is -2.10. The monoisotopic (exact) mass is 270 g/mol. The van der Waals surface area contributed by atoms with E-state index >= 15 is 0 Å². The third-order valence-electron chi connectivity index (χ3n) is 1.77. The zero-order valence-corrected chi connectivity index (χ0v) is 9.93. The second-order valence-electron chi connectivity index (χ2n) is 3.10. The number of nitrogens with one attached hydrogen (secondary N) is 2. The van der Waals surface area contributed by atoms with Gasteiger partial charge in [-0.25, -0.2) is 0 Å². The molecule has 0 radical (unpaired) electrons. The van der Waals surface area contributed by atoms with Gasteiger partial charge < -0.3 is 5.43 Å². The van der Waals surface area contributed by atoms with E-state index in [4.69, 9.17) is 11.8 Å². The number of halogens is 4. The molecule has 0 unspecified atom stereocenters. The van der Waals surface area contributed by atoms with E-state index in [1.807, 2.05) is 0 Å². The van der Waals surface area contributed by atoms with E-state index in [9.17, 15) is 13.2 Å². The van der Waals surface area contributed by atoms with Crippen LogP contribution in [0.2, 0.25) is 0 Å². The van der Waals surface area contributed by atoms with Gasteiger partial charge in [0.05, 0.1) is 11.4 Å². The zero-order valence-electron chi connectivity index (χ0n) is 8.36. The van der Waals surface area contributed by atoms with E-state index < -0.39 is 11.9 Å². The Kier molecular flexibility index (Phi) is 4.76. The number of hydrazine groups is 1. The van der Waals surface area contributed by atoms with Crippen LogP contribution in [0.5, 0.6) is 0 Å². The Labute approximate surface area is 101 Å². The van der Waals surface area contributed by atoms with Gasteiger partial charge in [-0.05, 0) is 36.4 Å². The van der Waals surface area contributed by atoms with Gasteiger partial charge in [0.25, 0.3) is 0 Å². The van der Waals surface area contributed by atoms with Crippen molar-refractivity contribution in [3.8, 4) is 0 Å². The van der Waals surface area contributed by atoms with Crippen molar-refractivity contribution in [2.45, 2.75) is 18.0 Å². The van der Waals surface area contributed by atoms with Crippen LogP contribution in [-0.2, 0) is 0 Å². The molecule has 7 heteroatoms. The molecule has 0 fully saturated rings. The van der Waals surface area contributed by atoms with Gasteiger partial charge in [-0.3, -0.25) is 0 Å². The number of aryl methyl sites for hydroxylation is 1. The first-order chi connectivity index (χ1) is 7.42. The molecule has 2 nitrogen and oxygen atoms in total. The highest BCUT2D eigenvalue weighted by Crippen LogP contribution is 2.30. The quantitative estimate of drug-likeness (QED) is 0.495. The van der Waals surface area contributed by atoms with E-state index in [2.05, 4.69) is 10.4 Å². The van der Waals surface area contributed by atoms with Gasteiger partial charge >= 0.3 is 6.18 Å². The lowest BCUT2D eigenvalue weighted by molar-refractivity contribution is -0.105. The molecule has 0 amide bonds. The minimum absolute atomic E-state index is 0.578. The molecular weight excluding hydrogens is 261 g/mol. The number of hydrogen-bond acceptors (Lipinski definition) is 3. The Morgan fingerprint density at radius 2 is 2.06 bits per heavy atom. The zero-order chi connectivity index (χ0) is 12.2. The van der Waals surface area contributed by atoms with Crippen LogP contribution in [-0.4, -0.2) is 11.9 Å². The number of hydrogen-bond donors (Lipinski definition) is 2. The molecule has 0 aliphatic carbocycles. The normalized spacial score (nSPS) is 11.6. The fourth-order valence-electron chi connectivity index (χ4n) is 1.05. The largest absolute Gasteiger partial charge is 0.398 e. The van der Waals surface area contributed by atoms with Gasteiger partial charge in [0.2, 0.25) is 0 Å². The number of benzene rings is 1. The molecule has 1 aromatic rings. The molecule has 0 saturated carbocycles. The van der Waals surface area contributed by atoms with Gasteiger partial charge in [0.1, 0.15) is 0 Å². The maximum absolute atomic E-state index is 12.1. The molecule has 90 valence electrons. The number of alkyl halides is 3. The van der Waals surface area contributed by atoms with Crippen molar-refractivity contribution in [3.63, 3.8) is 0 Å². The number of thioether (sulfide) groups is 1. The van der Waals surface area contributed by atoms with Crippen molar-refractivity contribution in [1.82, 2.24) is 4.94 Å². The summed E-state index contributed by atoms with van der Waals surface area (Å²) in [4.78, 5) is 2.77. The smallest absolute Gasteiger partial charge is 0.308 e. The van der Waals surface area contributed by atoms with Crippen LogP contribution in [0.25, 0.3) is 0 Å². The summed E-state index contributed by atoms with van der Waals surface area (Å²) in [5, 5.41) is 0. The van der Waals surface area contributed by atoms with Crippen LogP contribution < -0.4 is 10.4 Å². The molecule has 16 heavy (non-hydrogen) atoms. The highest BCUT2D eigenvalue weighted by Gasteiger charge is 2.27. The van der Waals surface area contributed by atoms with Crippen LogP contribution in [0.15, 0.2) is 23.1 Å². The van der Waals surface area contributed by atoms with E-state index in [0.717, 1.165) is 17.3 Å². The first kappa shape index (κ1) is 13.5.